The molecule has 0 unspecified atom stereocenters. The summed E-state index contributed by atoms with van der Waals surface area (Å²) in [6.07, 6.45) is 0.233. The third-order valence-corrected chi connectivity index (χ3v) is 6.01. The van der Waals surface area contributed by atoms with Crippen LogP contribution in [-0.4, -0.2) is 28.9 Å². The number of thioether (sulfide) groups is 1. The van der Waals surface area contributed by atoms with E-state index >= 15 is 0 Å². The highest BCUT2D eigenvalue weighted by Gasteiger charge is 2.17. The number of benzene rings is 2. The van der Waals surface area contributed by atoms with Crippen molar-refractivity contribution in [2.24, 2.45) is 0 Å². The van der Waals surface area contributed by atoms with Crippen LogP contribution in [0.25, 0.3) is 22.4 Å². The fourth-order valence-electron chi connectivity index (χ4n) is 3.36. The molecule has 8 heteroatoms. The summed E-state index contributed by atoms with van der Waals surface area (Å²) in [5.74, 6) is 2.01. The number of nitrogens with zero attached hydrogens (tertiary/aromatic N) is 3. The van der Waals surface area contributed by atoms with Gasteiger partial charge in [0.1, 0.15) is 22.6 Å². The van der Waals surface area contributed by atoms with E-state index in [2.05, 4.69) is 16.5 Å². The number of aryl methyl sites for hydroxylation is 1. The summed E-state index contributed by atoms with van der Waals surface area (Å²) in [6.45, 7) is 1.76. The van der Waals surface area contributed by atoms with Crippen LogP contribution in [0.15, 0.2) is 76.3 Å². The molecule has 0 bridgehead atoms. The first kappa shape index (κ1) is 23.1. The average molecular weight is 471 g/mol. The van der Waals surface area contributed by atoms with E-state index in [9.17, 15) is 10.1 Å². The van der Waals surface area contributed by atoms with Crippen LogP contribution in [0.3, 0.4) is 0 Å². The van der Waals surface area contributed by atoms with E-state index in [-0.39, 0.29) is 12.3 Å². The summed E-state index contributed by atoms with van der Waals surface area (Å²) in [4.78, 5) is 17.1. The zero-order chi connectivity index (χ0) is 23.9. The molecule has 34 heavy (non-hydrogen) atoms. The molecule has 0 aliphatic carbocycles. The Bertz CT molecular complexity index is 1330. The Balaban J connectivity index is 1.62. The molecular weight excluding hydrogens is 448 g/mol. The van der Waals surface area contributed by atoms with Gasteiger partial charge >= 0.3 is 0 Å². The van der Waals surface area contributed by atoms with Crippen LogP contribution in [0, 0.1) is 18.3 Å². The molecule has 0 spiro atoms. The van der Waals surface area contributed by atoms with Crippen LogP contribution in [0.4, 0.5) is 5.82 Å². The largest absolute Gasteiger partial charge is 0.497 e. The molecule has 0 aliphatic heterocycles. The van der Waals surface area contributed by atoms with Crippen molar-refractivity contribution in [2.45, 2.75) is 18.4 Å². The highest BCUT2D eigenvalue weighted by atomic mass is 32.2. The summed E-state index contributed by atoms with van der Waals surface area (Å²) < 4.78 is 10.2. The Morgan fingerprint density at radius 1 is 1.12 bits per heavy atom. The van der Waals surface area contributed by atoms with Crippen molar-refractivity contribution in [1.82, 2.24) is 10.1 Å². The Hall–Kier alpha value is -4.09. The monoisotopic (exact) mass is 470 g/mol. The summed E-state index contributed by atoms with van der Waals surface area (Å²) in [5.41, 5.74) is 3.85. The van der Waals surface area contributed by atoms with Gasteiger partial charge in [0.05, 0.1) is 18.4 Å². The quantitative estimate of drug-likeness (QED) is 0.329. The van der Waals surface area contributed by atoms with Gasteiger partial charge in [-0.1, -0.05) is 47.6 Å². The van der Waals surface area contributed by atoms with Gasteiger partial charge in [0.15, 0.2) is 5.82 Å². The molecule has 4 aromatic rings. The average Bonchev–Trinajstić information content (AvgIpc) is 3.28. The second-order valence-electron chi connectivity index (χ2n) is 7.41. The molecule has 0 fully saturated rings. The number of nitrogens with one attached hydrogen (secondary N) is 1. The minimum atomic E-state index is -0.186. The number of methoxy groups -OCH3 is 1. The van der Waals surface area contributed by atoms with Gasteiger partial charge < -0.3 is 14.6 Å². The van der Waals surface area contributed by atoms with Gasteiger partial charge in [-0.05, 0) is 30.7 Å². The number of carbonyl (C=O) groups is 1. The first-order chi connectivity index (χ1) is 16.6. The van der Waals surface area contributed by atoms with E-state index in [0.29, 0.717) is 27.9 Å². The zero-order valence-corrected chi connectivity index (χ0v) is 19.6. The number of rotatable bonds is 8. The Kier molecular flexibility index (Phi) is 7.25. The zero-order valence-electron chi connectivity index (χ0n) is 18.7. The number of nitriles is 1. The van der Waals surface area contributed by atoms with E-state index in [1.807, 2.05) is 60.7 Å². The Morgan fingerprint density at radius 2 is 1.88 bits per heavy atom. The minimum absolute atomic E-state index is 0.186. The van der Waals surface area contributed by atoms with E-state index in [0.717, 1.165) is 28.1 Å². The fraction of sp³-hybridized carbons (Fsp3) is 0.154. The molecule has 2 aromatic carbocycles. The van der Waals surface area contributed by atoms with Crippen molar-refractivity contribution >= 4 is 23.5 Å². The van der Waals surface area contributed by atoms with E-state index in [1.54, 1.807) is 20.1 Å². The number of hydrogen-bond acceptors (Lipinski definition) is 7. The van der Waals surface area contributed by atoms with Gasteiger partial charge in [0.2, 0.25) is 5.91 Å². The van der Waals surface area contributed by atoms with E-state index in [1.165, 1.54) is 11.8 Å². The Labute approximate surface area is 201 Å². The van der Waals surface area contributed by atoms with Crippen LogP contribution < -0.4 is 10.1 Å². The number of aromatic nitrogens is 2. The first-order valence-corrected chi connectivity index (χ1v) is 11.6. The molecule has 0 saturated carbocycles. The van der Waals surface area contributed by atoms with Crippen molar-refractivity contribution in [3.8, 4) is 34.2 Å². The molecule has 170 valence electrons. The molecule has 2 heterocycles. The summed E-state index contributed by atoms with van der Waals surface area (Å²) >= 11 is 1.38. The second kappa shape index (κ2) is 10.7. The second-order valence-corrected chi connectivity index (χ2v) is 8.49. The van der Waals surface area contributed by atoms with Gasteiger partial charge in [-0.3, -0.25) is 4.79 Å². The number of ether oxygens (including phenoxy) is 1. The molecule has 1 N–H and O–H groups in total. The van der Waals surface area contributed by atoms with Crippen molar-refractivity contribution in [2.75, 3.05) is 18.2 Å². The summed E-state index contributed by atoms with van der Waals surface area (Å²) in [6, 6.07) is 23.3. The third-order valence-electron chi connectivity index (χ3n) is 5.03. The maximum absolute atomic E-state index is 12.3. The number of anilines is 1. The highest BCUT2D eigenvalue weighted by molar-refractivity contribution is 7.99. The van der Waals surface area contributed by atoms with Crippen LogP contribution in [0.2, 0.25) is 0 Å². The van der Waals surface area contributed by atoms with Gasteiger partial charge in [-0.15, -0.1) is 11.8 Å². The molecular formula is C26H22N4O3S. The standard InChI is InChI=1S/C26H22N4O3S/c1-17-14-24(30-33-17)29-25(31)12-13-34-26-22(16-27)21(18-8-10-20(32-2)11-9-18)15-23(28-26)19-6-4-3-5-7-19/h3-11,14-15H,12-13H2,1-2H3,(H,29,30,31). The predicted octanol–water partition coefficient (Wildman–Crippen LogP) is 5.71. The minimum Gasteiger partial charge on any atom is -0.497 e. The lowest BCUT2D eigenvalue weighted by Gasteiger charge is -2.13. The fourth-order valence-corrected chi connectivity index (χ4v) is 4.30. The molecule has 7 nitrogen and oxygen atoms in total. The van der Waals surface area contributed by atoms with E-state index in [4.69, 9.17) is 14.2 Å². The Morgan fingerprint density at radius 3 is 2.53 bits per heavy atom. The normalized spacial score (nSPS) is 10.5. The SMILES string of the molecule is COc1ccc(-c2cc(-c3ccccc3)nc(SCCC(=O)Nc3cc(C)on3)c2C#N)cc1. The van der Waals surface area contributed by atoms with Crippen molar-refractivity contribution in [1.29, 1.82) is 5.26 Å². The van der Waals surface area contributed by atoms with Crippen molar-refractivity contribution < 1.29 is 14.1 Å². The van der Waals surface area contributed by atoms with Crippen LogP contribution in [0.5, 0.6) is 5.75 Å². The third kappa shape index (κ3) is 5.45. The van der Waals surface area contributed by atoms with Crippen LogP contribution in [0.1, 0.15) is 17.7 Å². The van der Waals surface area contributed by atoms with Crippen LogP contribution >= 0.6 is 11.8 Å². The maximum atomic E-state index is 12.3. The summed E-state index contributed by atoms with van der Waals surface area (Å²) in [5, 5.41) is 17.1. The van der Waals surface area contributed by atoms with Crippen LogP contribution in [-0.2, 0) is 4.79 Å². The van der Waals surface area contributed by atoms with Gasteiger partial charge in [0.25, 0.3) is 0 Å². The van der Waals surface area contributed by atoms with Gasteiger partial charge in [-0.25, -0.2) is 4.98 Å². The van der Waals surface area contributed by atoms with Crippen molar-refractivity contribution in [3.63, 3.8) is 0 Å². The maximum Gasteiger partial charge on any atom is 0.226 e. The lowest BCUT2D eigenvalue weighted by Crippen LogP contribution is -2.12. The smallest absolute Gasteiger partial charge is 0.226 e. The molecule has 0 aliphatic rings. The number of hydrogen-bond donors (Lipinski definition) is 1. The lowest BCUT2D eigenvalue weighted by molar-refractivity contribution is -0.115. The number of carbonyl (C=O) groups excluding carboxylic acids is 1. The molecule has 0 radical (unpaired) electrons. The molecule has 0 atom stereocenters. The lowest BCUT2D eigenvalue weighted by atomic mass is 9.99. The topological polar surface area (TPSA) is 101 Å². The van der Waals surface area contributed by atoms with Gasteiger partial charge in [0, 0.05) is 29.4 Å². The number of pyridine rings is 1. The number of amides is 1. The molecule has 4 rings (SSSR count). The van der Waals surface area contributed by atoms with Gasteiger partial charge in [-0.2, -0.15) is 5.26 Å². The predicted molar refractivity (Wildman–Crippen MR) is 132 cm³/mol. The molecule has 1 amide bonds. The molecule has 2 aromatic heterocycles. The first-order valence-electron chi connectivity index (χ1n) is 10.6. The molecule has 0 saturated heterocycles. The van der Waals surface area contributed by atoms with Crippen molar-refractivity contribution in [3.05, 3.63) is 78.1 Å². The highest BCUT2D eigenvalue weighted by Crippen LogP contribution is 2.35. The van der Waals surface area contributed by atoms with E-state index < -0.39 is 0 Å². The summed E-state index contributed by atoms with van der Waals surface area (Å²) in [7, 11) is 1.62.